The summed E-state index contributed by atoms with van der Waals surface area (Å²) >= 11 is 0. The van der Waals surface area contributed by atoms with Crippen LogP contribution in [0.4, 0.5) is 8.78 Å². The maximum atomic E-state index is 13.3. The summed E-state index contributed by atoms with van der Waals surface area (Å²) in [5.74, 6) is -1.23. The summed E-state index contributed by atoms with van der Waals surface area (Å²) in [5, 5.41) is 21.5. The van der Waals surface area contributed by atoms with E-state index in [2.05, 4.69) is 5.32 Å². The second-order valence-corrected chi connectivity index (χ2v) is 3.88. The van der Waals surface area contributed by atoms with Crippen LogP contribution in [-0.4, -0.2) is 29.4 Å². The molecule has 2 unspecified atom stereocenters. The van der Waals surface area contributed by atoms with Gasteiger partial charge in [-0.2, -0.15) is 0 Å². The van der Waals surface area contributed by atoms with E-state index in [4.69, 9.17) is 5.11 Å². The molecule has 0 spiro atoms. The maximum absolute atomic E-state index is 13.3. The molecule has 0 heterocycles. The van der Waals surface area contributed by atoms with Crippen LogP contribution < -0.4 is 5.32 Å². The average molecular weight is 245 g/mol. The zero-order valence-electron chi connectivity index (χ0n) is 9.66. The number of benzene rings is 1. The topological polar surface area (TPSA) is 52.5 Å². The average Bonchev–Trinajstić information content (AvgIpc) is 2.33. The third-order valence-corrected chi connectivity index (χ3v) is 2.63. The summed E-state index contributed by atoms with van der Waals surface area (Å²) in [4.78, 5) is 0. The van der Waals surface area contributed by atoms with Crippen LogP contribution in [0.5, 0.6) is 0 Å². The number of rotatable bonds is 6. The minimum absolute atomic E-state index is 0.0607. The highest BCUT2D eigenvalue weighted by atomic mass is 19.1. The summed E-state index contributed by atoms with van der Waals surface area (Å²) < 4.78 is 26.2. The smallest absolute Gasteiger partial charge is 0.129 e. The first kappa shape index (κ1) is 14.0. The fraction of sp³-hybridized carbons (Fsp3) is 0.500. The van der Waals surface area contributed by atoms with Gasteiger partial charge in [0.05, 0.1) is 12.7 Å². The van der Waals surface area contributed by atoms with Crippen LogP contribution in [0.1, 0.15) is 25.0 Å². The highest BCUT2D eigenvalue weighted by Gasteiger charge is 2.15. The van der Waals surface area contributed by atoms with E-state index in [1.807, 2.05) is 6.92 Å². The monoisotopic (exact) mass is 245 g/mol. The van der Waals surface area contributed by atoms with Crippen molar-refractivity contribution in [3.8, 4) is 0 Å². The molecule has 1 aromatic carbocycles. The Morgan fingerprint density at radius 2 is 2.06 bits per heavy atom. The van der Waals surface area contributed by atoms with Gasteiger partial charge in [-0.3, -0.25) is 0 Å². The molecule has 0 saturated heterocycles. The van der Waals surface area contributed by atoms with E-state index < -0.39 is 17.7 Å². The first-order chi connectivity index (χ1) is 8.08. The summed E-state index contributed by atoms with van der Waals surface area (Å²) in [6.45, 7) is 1.89. The highest BCUT2D eigenvalue weighted by Crippen LogP contribution is 2.17. The van der Waals surface area contributed by atoms with Crippen molar-refractivity contribution >= 4 is 0 Å². The van der Waals surface area contributed by atoms with Crippen molar-refractivity contribution in [2.24, 2.45) is 0 Å². The zero-order valence-corrected chi connectivity index (χ0v) is 9.66. The van der Waals surface area contributed by atoms with Gasteiger partial charge in [0.25, 0.3) is 0 Å². The van der Waals surface area contributed by atoms with Crippen LogP contribution in [-0.2, 0) is 0 Å². The third kappa shape index (κ3) is 4.03. The second-order valence-electron chi connectivity index (χ2n) is 3.88. The fourth-order valence-electron chi connectivity index (χ4n) is 1.50. The van der Waals surface area contributed by atoms with Crippen LogP contribution in [0.15, 0.2) is 18.2 Å². The third-order valence-electron chi connectivity index (χ3n) is 2.63. The molecule has 1 aromatic rings. The molecule has 0 amide bonds. The molecule has 17 heavy (non-hydrogen) atoms. The normalized spacial score (nSPS) is 14.6. The Labute approximate surface area is 99.1 Å². The first-order valence-electron chi connectivity index (χ1n) is 5.55. The molecule has 0 bridgehead atoms. The lowest BCUT2D eigenvalue weighted by Crippen LogP contribution is -2.35. The van der Waals surface area contributed by atoms with E-state index >= 15 is 0 Å². The zero-order chi connectivity index (χ0) is 12.8. The number of nitrogens with one attached hydrogen (secondary N) is 1. The van der Waals surface area contributed by atoms with Crippen molar-refractivity contribution in [2.75, 3.05) is 13.2 Å². The highest BCUT2D eigenvalue weighted by molar-refractivity contribution is 5.21. The Balaban J connectivity index is 2.63. The summed E-state index contributed by atoms with van der Waals surface area (Å²) in [6, 6.07) is 2.81. The standard InChI is InChI=1S/C12H17F2NO2/c1-2-9(7-16)15-6-12(17)10-5-8(13)3-4-11(10)14/h3-5,9,12,15-17H,2,6-7H2,1H3. The van der Waals surface area contributed by atoms with E-state index in [0.717, 1.165) is 18.2 Å². The van der Waals surface area contributed by atoms with Crippen molar-refractivity contribution in [3.05, 3.63) is 35.4 Å². The maximum Gasteiger partial charge on any atom is 0.129 e. The van der Waals surface area contributed by atoms with Crippen LogP contribution in [0, 0.1) is 11.6 Å². The van der Waals surface area contributed by atoms with Gasteiger partial charge < -0.3 is 15.5 Å². The van der Waals surface area contributed by atoms with Crippen molar-refractivity contribution < 1.29 is 19.0 Å². The number of hydrogen-bond acceptors (Lipinski definition) is 3. The molecular weight excluding hydrogens is 228 g/mol. The van der Waals surface area contributed by atoms with Crippen molar-refractivity contribution in [3.63, 3.8) is 0 Å². The van der Waals surface area contributed by atoms with Gasteiger partial charge in [0.15, 0.2) is 0 Å². The van der Waals surface area contributed by atoms with E-state index in [-0.39, 0.29) is 24.8 Å². The van der Waals surface area contributed by atoms with Gasteiger partial charge in [-0.1, -0.05) is 6.92 Å². The largest absolute Gasteiger partial charge is 0.395 e. The van der Waals surface area contributed by atoms with E-state index in [1.54, 1.807) is 0 Å². The molecule has 3 N–H and O–H groups in total. The molecule has 0 aliphatic carbocycles. The fourth-order valence-corrected chi connectivity index (χ4v) is 1.50. The van der Waals surface area contributed by atoms with Gasteiger partial charge in [0.2, 0.25) is 0 Å². The van der Waals surface area contributed by atoms with Crippen LogP contribution in [0.3, 0.4) is 0 Å². The predicted octanol–water partition coefficient (Wildman–Crippen LogP) is 1.36. The minimum Gasteiger partial charge on any atom is -0.395 e. The lowest BCUT2D eigenvalue weighted by Gasteiger charge is -2.18. The molecule has 0 fully saturated rings. The molecular formula is C12H17F2NO2. The summed E-state index contributed by atoms with van der Waals surface area (Å²) in [7, 11) is 0. The molecule has 3 nitrogen and oxygen atoms in total. The number of aliphatic hydroxyl groups excluding tert-OH is 2. The molecule has 2 atom stereocenters. The van der Waals surface area contributed by atoms with Crippen LogP contribution in [0.2, 0.25) is 0 Å². The Bertz CT molecular complexity index is 356. The van der Waals surface area contributed by atoms with Crippen molar-refractivity contribution in [2.45, 2.75) is 25.5 Å². The van der Waals surface area contributed by atoms with Gasteiger partial charge in [0, 0.05) is 18.2 Å². The molecule has 5 heteroatoms. The molecule has 96 valence electrons. The number of hydrogen-bond donors (Lipinski definition) is 3. The number of aliphatic hydroxyl groups is 2. The van der Waals surface area contributed by atoms with Crippen LogP contribution >= 0.6 is 0 Å². The van der Waals surface area contributed by atoms with E-state index in [0.29, 0.717) is 6.42 Å². The molecule has 0 aliphatic heterocycles. The predicted molar refractivity (Wildman–Crippen MR) is 60.5 cm³/mol. The van der Waals surface area contributed by atoms with Crippen molar-refractivity contribution in [1.29, 1.82) is 0 Å². The van der Waals surface area contributed by atoms with Gasteiger partial charge in [-0.05, 0) is 24.6 Å². The molecule has 0 radical (unpaired) electrons. The summed E-state index contributed by atoms with van der Waals surface area (Å²) in [5.41, 5.74) is -0.0784. The molecule has 0 aliphatic rings. The van der Waals surface area contributed by atoms with Crippen LogP contribution in [0.25, 0.3) is 0 Å². The SMILES string of the molecule is CCC(CO)NCC(O)c1cc(F)ccc1F. The van der Waals surface area contributed by atoms with E-state index in [9.17, 15) is 13.9 Å². The minimum atomic E-state index is -1.13. The molecule has 0 saturated carbocycles. The van der Waals surface area contributed by atoms with Crippen molar-refractivity contribution in [1.82, 2.24) is 5.32 Å². The van der Waals surface area contributed by atoms with Gasteiger partial charge in [0.1, 0.15) is 11.6 Å². The Kier molecular flexibility index (Phi) is 5.47. The van der Waals surface area contributed by atoms with Gasteiger partial charge in [-0.25, -0.2) is 8.78 Å². The summed E-state index contributed by atoms with van der Waals surface area (Å²) in [6.07, 6.45) is -0.444. The molecule has 0 aromatic heterocycles. The lowest BCUT2D eigenvalue weighted by molar-refractivity contribution is 0.154. The Morgan fingerprint density at radius 3 is 2.65 bits per heavy atom. The molecule has 1 rings (SSSR count). The first-order valence-corrected chi connectivity index (χ1v) is 5.55. The Morgan fingerprint density at radius 1 is 1.35 bits per heavy atom. The second kappa shape index (κ2) is 6.64. The van der Waals surface area contributed by atoms with E-state index in [1.165, 1.54) is 0 Å². The van der Waals surface area contributed by atoms with Gasteiger partial charge >= 0.3 is 0 Å². The van der Waals surface area contributed by atoms with Gasteiger partial charge in [-0.15, -0.1) is 0 Å². The Hall–Kier alpha value is -1.04. The number of halogens is 2. The quantitative estimate of drug-likeness (QED) is 0.709. The lowest BCUT2D eigenvalue weighted by atomic mass is 10.1.